The minimum Gasteiger partial charge on any atom is -0.481 e. The Bertz CT molecular complexity index is 376. The Morgan fingerprint density at radius 2 is 1.88 bits per heavy atom. The molecular weight excluding hydrogens is 218 g/mol. The van der Waals surface area contributed by atoms with E-state index in [0.29, 0.717) is 0 Å². The molecule has 0 aliphatic heterocycles. The molecule has 4 nitrogen and oxygen atoms in total. The van der Waals surface area contributed by atoms with Crippen molar-refractivity contribution in [3.05, 3.63) is 35.9 Å². The summed E-state index contributed by atoms with van der Waals surface area (Å²) in [6, 6.07) is 9.86. The minimum absolute atomic E-state index is 0.0127. The highest BCUT2D eigenvalue weighted by Crippen LogP contribution is 2.03. The minimum atomic E-state index is -0.948. The molecule has 4 heteroatoms. The highest BCUT2D eigenvalue weighted by atomic mass is 16.4. The molecule has 1 amide bonds. The highest BCUT2D eigenvalue weighted by Gasteiger charge is 2.09. The first-order chi connectivity index (χ1) is 8.08. The standard InChI is InChI=1S/C13H17NO3/c1-10(9-11-5-3-2-4-6-11)14-12(15)7-8-13(16)17/h2-6,10H,7-9H2,1H3,(H,14,15)(H,16,17)/t10-/m0/s1. The number of aliphatic carboxylic acids is 1. The molecule has 1 rings (SSSR count). The molecule has 1 aromatic carbocycles. The number of carboxylic acid groups (broad SMARTS) is 1. The number of hydrogen-bond donors (Lipinski definition) is 2. The molecule has 0 aliphatic carbocycles. The molecule has 92 valence electrons. The SMILES string of the molecule is C[C@@H](Cc1ccccc1)NC(=O)CCC(=O)O. The zero-order valence-corrected chi connectivity index (χ0v) is 9.85. The predicted molar refractivity (Wildman–Crippen MR) is 64.6 cm³/mol. The predicted octanol–water partition coefficient (Wildman–Crippen LogP) is 1.60. The van der Waals surface area contributed by atoms with Crippen molar-refractivity contribution < 1.29 is 14.7 Å². The molecule has 0 heterocycles. The van der Waals surface area contributed by atoms with Crippen molar-refractivity contribution in [2.75, 3.05) is 0 Å². The summed E-state index contributed by atoms with van der Waals surface area (Å²) in [6.07, 6.45) is 0.665. The van der Waals surface area contributed by atoms with Gasteiger partial charge in [-0.05, 0) is 18.9 Å². The summed E-state index contributed by atoms with van der Waals surface area (Å²) in [5.74, 6) is -1.16. The highest BCUT2D eigenvalue weighted by molar-refractivity contribution is 5.80. The van der Waals surface area contributed by atoms with Crippen LogP contribution < -0.4 is 5.32 Å². The van der Waals surface area contributed by atoms with Gasteiger partial charge in [0, 0.05) is 12.5 Å². The van der Waals surface area contributed by atoms with Gasteiger partial charge in [0.25, 0.3) is 0 Å². The van der Waals surface area contributed by atoms with Crippen molar-refractivity contribution in [2.24, 2.45) is 0 Å². The zero-order chi connectivity index (χ0) is 12.7. The molecule has 1 aromatic rings. The Hall–Kier alpha value is -1.84. The van der Waals surface area contributed by atoms with Crippen molar-refractivity contribution in [3.8, 4) is 0 Å². The lowest BCUT2D eigenvalue weighted by molar-refractivity contribution is -0.138. The normalized spacial score (nSPS) is 11.8. The Kier molecular flexibility index (Phi) is 5.20. The second kappa shape index (κ2) is 6.68. The van der Waals surface area contributed by atoms with Crippen molar-refractivity contribution in [1.82, 2.24) is 5.32 Å². The molecule has 0 aromatic heterocycles. The van der Waals surface area contributed by atoms with Gasteiger partial charge in [0.05, 0.1) is 6.42 Å². The third-order valence-electron chi connectivity index (χ3n) is 2.36. The fraction of sp³-hybridized carbons (Fsp3) is 0.385. The van der Waals surface area contributed by atoms with Gasteiger partial charge in [0.1, 0.15) is 0 Å². The molecule has 2 N–H and O–H groups in total. The third kappa shape index (κ3) is 5.70. The third-order valence-corrected chi connectivity index (χ3v) is 2.36. The molecule has 17 heavy (non-hydrogen) atoms. The molecule has 0 radical (unpaired) electrons. The summed E-state index contributed by atoms with van der Waals surface area (Å²) < 4.78 is 0. The van der Waals surface area contributed by atoms with Gasteiger partial charge in [-0.1, -0.05) is 30.3 Å². The van der Waals surface area contributed by atoms with Crippen LogP contribution in [0.4, 0.5) is 0 Å². The lowest BCUT2D eigenvalue weighted by Gasteiger charge is -2.13. The van der Waals surface area contributed by atoms with Gasteiger partial charge < -0.3 is 10.4 Å². The first kappa shape index (κ1) is 13.2. The molecule has 0 fully saturated rings. The van der Waals surface area contributed by atoms with Gasteiger partial charge >= 0.3 is 5.97 Å². The zero-order valence-electron chi connectivity index (χ0n) is 9.85. The van der Waals surface area contributed by atoms with Crippen molar-refractivity contribution in [3.63, 3.8) is 0 Å². The van der Waals surface area contributed by atoms with Crippen LogP contribution in [0.1, 0.15) is 25.3 Å². The van der Waals surface area contributed by atoms with Crippen LogP contribution in [0.15, 0.2) is 30.3 Å². The molecular formula is C13H17NO3. The lowest BCUT2D eigenvalue weighted by atomic mass is 10.1. The van der Waals surface area contributed by atoms with Crippen molar-refractivity contribution in [1.29, 1.82) is 0 Å². The summed E-state index contributed by atoms with van der Waals surface area (Å²) >= 11 is 0. The summed E-state index contributed by atoms with van der Waals surface area (Å²) in [6.45, 7) is 1.91. The maximum Gasteiger partial charge on any atom is 0.303 e. The molecule has 0 bridgehead atoms. The van der Waals surface area contributed by atoms with E-state index in [1.807, 2.05) is 37.3 Å². The van der Waals surface area contributed by atoms with E-state index >= 15 is 0 Å². The van der Waals surface area contributed by atoms with E-state index in [9.17, 15) is 9.59 Å². The summed E-state index contributed by atoms with van der Waals surface area (Å²) in [4.78, 5) is 21.7. The van der Waals surface area contributed by atoms with Gasteiger partial charge in [-0.2, -0.15) is 0 Å². The van der Waals surface area contributed by atoms with E-state index in [1.54, 1.807) is 0 Å². The van der Waals surface area contributed by atoms with Crippen LogP contribution in [0, 0.1) is 0 Å². The molecule has 0 spiro atoms. The molecule has 0 unspecified atom stereocenters. The average molecular weight is 235 g/mol. The van der Waals surface area contributed by atoms with Crippen molar-refractivity contribution >= 4 is 11.9 Å². The van der Waals surface area contributed by atoms with Crippen molar-refractivity contribution in [2.45, 2.75) is 32.2 Å². The number of benzene rings is 1. The average Bonchev–Trinajstić information content (AvgIpc) is 2.27. The van der Waals surface area contributed by atoms with E-state index in [-0.39, 0.29) is 24.8 Å². The van der Waals surface area contributed by atoms with Crippen LogP contribution in [0.25, 0.3) is 0 Å². The van der Waals surface area contributed by atoms with Crippen LogP contribution in [-0.2, 0) is 16.0 Å². The number of rotatable bonds is 6. The number of carboxylic acids is 1. The van der Waals surface area contributed by atoms with Crippen LogP contribution in [-0.4, -0.2) is 23.0 Å². The molecule has 0 saturated carbocycles. The van der Waals surface area contributed by atoms with E-state index in [4.69, 9.17) is 5.11 Å². The maximum atomic E-state index is 11.4. The van der Waals surface area contributed by atoms with Gasteiger partial charge in [-0.15, -0.1) is 0 Å². The fourth-order valence-electron chi connectivity index (χ4n) is 1.59. The first-order valence-corrected chi connectivity index (χ1v) is 5.63. The summed E-state index contributed by atoms with van der Waals surface area (Å²) in [5.41, 5.74) is 1.15. The number of carbonyl (C=O) groups is 2. The Labute approximate surface area is 101 Å². The van der Waals surface area contributed by atoms with Gasteiger partial charge in [-0.3, -0.25) is 9.59 Å². The quantitative estimate of drug-likeness (QED) is 0.787. The monoisotopic (exact) mass is 235 g/mol. The van der Waals surface area contributed by atoms with Crippen LogP contribution >= 0.6 is 0 Å². The topological polar surface area (TPSA) is 66.4 Å². The summed E-state index contributed by atoms with van der Waals surface area (Å²) in [5, 5.41) is 11.2. The largest absolute Gasteiger partial charge is 0.481 e. The number of hydrogen-bond acceptors (Lipinski definition) is 2. The number of amides is 1. The van der Waals surface area contributed by atoms with E-state index < -0.39 is 5.97 Å². The van der Waals surface area contributed by atoms with Gasteiger partial charge in [0.15, 0.2) is 0 Å². The summed E-state index contributed by atoms with van der Waals surface area (Å²) in [7, 11) is 0. The maximum absolute atomic E-state index is 11.4. The van der Waals surface area contributed by atoms with Gasteiger partial charge in [0.2, 0.25) is 5.91 Å². The van der Waals surface area contributed by atoms with E-state index in [0.717, 1.165) is 12.0 Å². The van der Waals surface area contributed by atoms with Crippen LogP contribution in [0.3, 0.4) is 0 Å². The van der Waals surface area contributed by atoms with Crippen LogP contribution in [0.2, 0.25) is 0 Å². The lowest BCUT2D eigenvalue weighted by Crippen LogP contribution is -2.34. The van der Waals surface area contributed by atoms with E-state index in [1.165, 1.54) is 0 Å². The fourth-order valence-corrected chi connectivity index (χ4v) is 1.59. The number of carbonyl (C=O) groups excluding carboxylic acids is 1. The number of nitrogens with one attached hydrogen (secondary N) is 1. The molecule has 1 atom stereocenters. The Morgan fingerprint density at radius 1 is 1.24 bits per heavy atom. The molecule has 0 aliphatic rings. The van der Waals surface area contributed by atoms with Crippen LogP contribution in [0.5, 0.6) is 0 Å². The van der Waals surface area contributed by atoms with Gasteiger partial charge in [-0.25, -0.2) is 0 Å². The second-order valence-corrected chi connectivity index (χ2v) is 4.05. The Balaban J connectivity index is 2.32. The smallest absolute Gasteiger partial charge is 0.303 e. The van der Waals surface area contributed by atoms with E-state index in [2.05, 4.69) is 5.32 Å². The first-order valence-electron chi connectivity index (χ1n) is 5.63. The Morgan fingerprint density at radius 3 is 2.47 bits per heavy atom. The molecule has 0 saturated heterocycles. The second-order valence-electron chi connectivity index (χ2n) is 4.05.